The second-order valence-electron chi connectivity index (χ2n) is 6.86. The Morgan fingerprint density at radius 2 is 1.83 bits per heavy atom. The molecule has 0 atom stereocenters. The lowest BCUT2D eigenvalue weighted by atomic mass is 10.1. The number of carbonyl (C=O) groups is 1. The number of benzene rings is 3. The fourth-order valence-corrected chi connectivity index (χ4v) is 3.14. The van der Waals surface area contributed by atoms with Gasteiger partial charge in [0.05, 0.1) is 0 Å². The maximum Gasteiger partial charge on any atom is 0.262 e. The molecule has 1 amide bonds. The Morgan fingerprint density at radius 3 is 2.60 bits per heavy atom. The third-order valence-corrected chi connectivity index (χ3v) is 4.51. The number of phenols is 1. The lowest BCUT2D eigenvalue weighted by Crippen LogP contribution is -2.20. The van der Waals surface area contributed by atoms with Crippen molar-refractivity contribution in [2.45, 2.75) is 6.92 Å². The summed E-state index contributed by atoms with van der Waals surface area (Å²) in [6.07, 6.45) is 0. The van der Waals surface area contributed by atoms with Crippen molar-refractivity contribution in [1.82, 2.24) is 0 Å². The van der Waals surface area contributed by atoms with Gasteiger partial charge in [-0.25, -0.2) is 0 Å². The van der Waals surface area contributed by atoms with Crippen LogP contribution >= 0.6 is 0 Å². The molecule has 0 saturated carbocycles. The summed E-state index contributed by atoms with van der Waals surface area (Å²) in [6.45, 7) is 1.67. The van der Waals surface area contributed by atoms with Crippen molar-refractivity contribution in [2.24, 2.45) is 0 Å². The topological polar surface area (TPSA) is 88.8 Å². The molecule has 1 heterocycles. The molecule has 6 nitrogen and oxygen atoms in total. The van der Waals surface area contributed by atoms with Crippen LogP contribution in [0.3, 0.4) is 0 Å². The molecule has 3 aromatic carbocycles. The first-order chi connectivity index (χ1) is 14.5. The molecular formula is C24H19NO5. The summed E-state index contributed by atoms with van der Waals surface area (Å²) in [4.78, 5) is 24.6. The molecule has 0 saturated heterocycles. The average Bonchev–Trinajstić information content (AvgIpc) is 2.72. The summed E-state index contributed by atoms with van der Waals surface area (Å²) in [7, 11) is 0. The van der Waals surface area contributed by atoms with Crippen LogP contribution in [-0.4, -0.2) is 17.6 Å². The predicted octanol–water partition coefficient (Wildman–Crippen LogP) is 4.49. The van der Waals surface area contributed by atoms with Crippen molar-refractivity contribution in [3.05, 3.63) is 88.6 Å². The SMILES string of the molecule is Cc1cccc(NC(=O)COc2cc(O)c3c(=O)cc(-c4ccccc4)oc3c2)c1. The molecule has 0 aliphatic rings. The molecule has 4 rings (SSSR count). The second-order valence-corrected chi connectivity index (χ2v) is 6.86. The first kappa shape index (κ1) is 19.3. The van der Waals surface area contributed by atoms with Crippen LogP contribution in [0.2, 0.25) is 0 Å². The number of rotatable bonds is 5. The number of amides is 1. The number of anilines is 1. The minimum atomic E-state index is -0.364. The normalized spacial score (nSPS) is 10.7. The number of fused-ring (bicyclic) bond motifs is 1. The van der Waals surface area contributed by atoms with E-state index >= 15 is 0 Å². The van der Waals surface area contributed by atoms with E-state index in [-0.39, 0.29) is 40.4 Å². The maximum atomic E-state index is 12.5. The number of nitrogens with one attached hydrogen (secondary N) is 1. The molecule has 6 heteroatoms. The number of carbonyl (C=O) groups excluding carboxylic acids is 1. The van der Waals surface area contributed by atoms with E-state index < -0.39 is 0 Å². The number of aromatic hydroxyl groups is 1. The number of aryl methyl sites for hydroxylation is 1. The van der Waals surface area contributed by atoms with Crippen LogP contribution in [-0.2, 0) is 4.79 Å². The molecular weight excluding hydrogens is 382 g/mol. The monoisotopic (exact) mass is 401 g/mol. The van der Waals surface area contributed by atoms with Crippen LogP contribution in [0.15, 0.2) is 82.0 Å². The maximum absolute atomic E-state index is 12.5. The van der Waals surface area contributed by atoms with Gasteiger partial charge in [0.15, 0.2) is 12.0 Å². The molecule has 2 N–H and O–H groups in total. The highest BCUT2D eigenvalue weighted by Gasteiger charge is 2.13. The van der Waals surface area contributed by atoms with E-state index in [1.807, 2.05) is 55.5 Å². The van der Waals surface area contributed by atoms with E-state index in [0.29, 0.717) is 11.4 Å². The van der Waals surface area contributed by atoms with Gasteiger partial charge in [0.1, 0.15) is 28.2 Å². The molecule has 150 valence electrons. The van der Waals surface area contributed by atoms with Crippen molar-refractivity contribution in [3.8, 4) is 22.8 Å². The van der Waals surface area contributed by atoms with Crippen LogP contribution in [0.4, 0.5) is 5.69 Å². The minimum Gasteiger partial charge on any atom is -0.507 e. The van der Waals surface area contributed by atoms with E-state index in [9.17, 15) is 14.7 Å². The zero-order chi connectivity index (χ0) is 21.1. The number of phenolic OH excluding ortho intramolecular Hbond substituents is 1. The Morgan fingerprint density at radius 1 is 1.03 bits per heavy atom. The fraction of sp³-hybridized carbons (Fsp3) is 0.0833. The first-order valence-corrected chi connectivity index (χ1v) is 9.35. The van der Waals surface area contributed by atoms with Crippen molar-refractivity contribution >= 4 is 22.6 Å². The highest BCUT2D eigenvalue weighted by atomic mass is 16.5. The van der Waals surface area contributed by atoms with Crippen molar-refractivity contribution in [3.63, 3.8) is 0 Å². The van der Waals surface area contributed by atoms with Gasteiger partial charge in [0, 0.05) is 29.4 Å². The number of ether oxygens (including phenoxy) is 1. The molecule has 0 radical (unpaired) electrons. The summed E-state index contributed by atoms with van der Waals surface area (Å²) in [5.74, 6) is -0.0239. The van der Waals surface area contributed by atoms with Crippen LogP contribution in [0.5, 0.6) is 11.5 Å². The Labute approximate surface area is 172 Å². The lowest BCUT2D eigenvalue weighted by molar-refractivity contribution is -0.118. The zero-order valence-electron chi connectivity index (χ0n) is 16.2. The van der Waals surface area contributed by atoms with Crippen molar-refractivity contribution in [2.75, 3.05) is 11.9 Å². The summed E-state index contributed by atoms with van der Waals surface area (Å²) < 4.78 is 11.3. The molecule has 0 unspecified atom stereocenters. The molecule has 4 aromatic rings. The predicted molar refractivity (Wildman–Crippen MR) is 115 cm³/mol. The van der Waals surface area contributed by atoms with Crippen LogP contribution in [0, 0.1) is 6.92 Å². The smallest absolute Gasteiger partial charge is 0.262 e. The van der Waals surface area contributed by atoms with Gasteiger partial charge in [-0.05, 0) is 24.6 Å². The van der Waals surface area contributed by atoms with Gasteiger partial charge in [-0.1, -0.05) is 42.5 Å². The Bertz CT molecular complexity index is 1280. The van der Waals surface area contributed by atoms with E-state index in [2.05, 4.69) is 5.32 Å². The highest BCUT2D eigenvalue weighted by molar-refractivity contribution is 5.92. The highest BCUT2D eigenvalue weighted by Crippen LogP contribution is 2.31. The van der Waals surface area contributed by atoms with Gasteiger partial charge in [-0.2, -0.15) is 0 Å². The average molecular weight is 401 g/mol. The lowest BCUT2D eigenvalue weighted by Gasteiger charge is -2.10. The van der Waals surface area contributed by atoms with Gasteiger partial charge in [-0.3, -0.25) is 9.59 Å². The molecule has 0 bridgehead atoms. The summed E-state index contributed by atoms with van der Waals surface area (Å²) >= 11 is 0. The molecule has 0 aliphatic heterocycles. The summed E-state index contributed by atoms with van der Waals surface area (Å²) in [6, 6.07) is 20.7. The van der Waals surface area contributed by atoms with E-state index in [1.165, 1.54) is 18.2 Å². The largest absolute Gasteiger partial charge is 0.507 e. The van der Waals surface area contributed by atoms with Crippen LogP contribution in [0.25, 0.3) is 22.3 Å². The fourth-order valence-electron chi connectivity index (χ4n) is 3.14. The van der Waals surface area contributed by atoms with Gasteiger partial charge in [0.2, 0.25) is 0 Å². The van der Waals surface area contributed by atoms with Crippen molar-refractivity contribution < 1.29 is 19.1 Å². The Balaban J connectivity index is 1.57. The van der Waals surface area contributed by atoms with E-state index in [4.69, 9.17) is 9.15 Å². The summed E-state index contributed by atoms with van der Waals surface area (Å²) in [5.41, 5.74) is 2.24. The molecule has 1 aromatic heterocycles. The molecule has 0 fully saturated rings. The minimum absolute atomic E-state index is 0.0613. The molecule has 30 heavy (non-hydrogen) atoms. The quantitative estimate of drug-likeness (QED) is 0.514. The number of hydrogen-bond acceptors (Lipinski definition) is 5. The van der Waals surface area contributed by atoms with Gasteiger partial charge in [0.25, 0.3) is 5.91 Å². The third kappa shape index (κ3) is 4.17. The van der Waals surface area contributed by atoms with Gasteiger partial charge >= 0.3 is 0 Å². The van der Waals surface area contributed by atoms with Crippen LogP contribution in [0.1, 0.15) is 5.56 Å². The van der Waals surface area contributed by atoms with E-state index in [0.717, 1.165) is 11.1 Å². The van der Waals surface area contributed by atoms with Gasteiger partial charge in [-0.15, -0.1) is 0 Å². The van der Waals surface area contributed by atoms with Crippen LogP contribution < -0.4 is 15.5 Å². The molecule has 0 spiro atoms. The Kier molecular flexibility index (Phi) is 5.22. The molecule has 0 aliphatic carbocycles. The number of hydrogen-bond donors (Lipinski definition) is 2. The summed E-state index contributed by atoms with van der Waals surface area (Å²) in [5, 5.41) is 13.1. The van der Waals surface area contributed by atoms with Crippen molar-refractivity contribution in [1.29, 1.82) is 0 Å². The standard InChI is InChI=1S/C24H19NO5/c1-15-6-5-9-17(10-15)25-23(28)14-29-18-11-19(26)24-20(27)13-21(30-22(24)12-18)16-7-3-2-4-8-16/h2-13,26H,14H2,1H3,(H,25,28). The second kappa shape index (κ2) is 8.13. The van der Waals surface area contributed by atoms with E-state index in [1.54, 1.807) is 6.07 Å². The third-order valence-electron chi connectivity index (χ3n) is 4.51. The Hall–Kier alpha value is -4.06. The van der Waals surface area contributed by atoms with Gasteiger partial charge < -0.3 is 19.6 Å². The first-order valence-electron chi connectivity index (χ1n) is 9.35. The zero-order valence-corrected chi connectivity index (χ0v) is 16.2.